The number of urea groups is 1. The Balaban J connectivity index is 1.84. The minimum absolute atomic E-state index is 0.115. The van der Waals surface area contributed by atoms with Crippen molar-refractivity contribution in [3.05, 3.63) is 52.0 Å². The molecule has 7 heteroatoms. The quantitative estimate of drug-likeness (QED) is 0.883. The van der Waals surface area contributed by atoms with Crippen LogP contribution >= 0.6 is 11.3 Å². The number of aromatic nitrogens is 1. The van der Waals surface area contributed by atoms with Crippen molar-refractivity contribution < 1.29 is 13.6 Å². The maximum Gasteiger partial charge on any atom is 0.315 e. The molecule has 0 spiro atoms. The Morgan fingerprint density at radius 3 is 2.73 bits per heavy atom. The first-order valence-corrected chi connectivity index (χ1v) is 7.74. The van der Waals surface area contributed by atoms with Gasteiger partial charge in [-0.2, -0.15) is 0 Å². The summed E-state index contributed by atoms with van der Waals surface area (Å²) in [6.45, 7) is 4.12. The Kier molecular flexibility index (Phi) is 5.43. The van der Waals surface area contributed by atoms with E-state index in [9.17, 15) is 13.6 Å². The highest BCUT2D eigenvalue weighted by molar-refractivity contribution is 7.09. The Morgan fingerprint density at radius 1 is 1.32 bits per heavy atom. The first kappa shape index (κ1) is 16.4. The first-order valence-electron chi connectivity index (χ1n) is 6.86. The molecule has 4 nitrogen and oxygen atoms in total. The van der Waals surface area contributed by atoms with Gasteiger partial charge >= 0.3 is 6.03 Å². The minimum Gasteiger partial charge on any atom is -0.337 e. The monoisotopic (exact) mass is 325 g/mol. The van der Waals surface area contributed by atoms with E-state index in [0.717, 1.165) is 17.1 Å². The third-order valence-corrected chi connectivity index (χ3v) is 4.24. The molecule has 2 aromatic rings. The molecule has 0 aliphatic heterocycles. The molecule has 2 rings (SSSR count). The van der Waals surface area contributed by atoms with Crippen molar-refractivity contribution in [2.24, 2.45) is 0 Å². The van der Waals surface area contributed by atoms with Crippen LogP contribution in [-0.2, 0) is 0 Å². The number of hydrogen-bond donors (Lipinski definition) is 2. The van der Waals surface area contributed by atoms with Crippen LogP contribution in [0.25, 0.3) is 0 Å². The summed E-state index contributed by atoms with van der Waals surface area (Å²) in [5.41, 5.74) is 0.502. The first-order chi connectivity index (χ1) is 10.5. The van der Waals surface area contributed by atoms with Crippen LogP contribution in [0.15, 0.2) is 29.8 Å². The maximum atomic E-state index is 13.2. The predicted octanol–water partition coefficient (Wildman–Crippen LogP) is 3.59. The van der Waals surface area contributed by atoms with Crippen molar-refractivity contribution >= 4 is 17.4 Å². The number of carbonyl (C=O) groups excluding carboxylic acids is 1. The average Bonchev–Trinajstić information content (AvgIpc) is 3.02. The molecular formula is C15H17F2N3OS. The van der Waals surface area contributed by atoms with E-state index in [0.29, 0.717) is 12.1 Å². The number of carbonyl (C=O) groups is 1. The zero-order valence-electron chi connectivity index (χ0n) is 12.3. The van der Waals surface area contributed by atoms with Gasteiger partial charge in [0.05, 0.1) is 11.0 Å². The van der Waals surface area contributed by atoms with E-state index in [2.05, 4.69) is 15.6 Å². The molecule has 22 heavy (non-hydrogen) atoms. The second-order valence-electron chi connectivity index (χ2n) is 5.02. The molecule has 2 amide bonds. The van der Waals surface area contributed by atoms with Gasteiger partial charge < -0.3 is 10.6 Å². The van der Waals surface area contributed by atoms with Gasteiger partial charge in [-0.1, -0.05) is 13.0 Å². The van der Waals surface area contributed by atoms with Gasteiger partial charge in [0.2, 0.25) is 0 Å². The Labute approximate surface area is 131 Å². The average molecular weight is 325 g/mol. The summed E-state index contributed by atoms with van der Waals surface area (Å²) in [6.07, 6.45) is 1.72. The van der Waals surface area contributed by atoms with E-state index >= 15 is 0 Å². The van der Waals surface area contributed by atoms with E-state index in [1.54, 1.807) is 13.1 Å². The van der Waals surface area contributed by atoms with Crippen molar-refractivity contribution in [1.82, 2.24) is 15.6 Å². The van der Waals surface area contributed by atoms with Crippen LogP contribution in [-0.4, -0.2) is 17.6 Å². The van der Waals surface area contributed by atoms with Crippen molar-refractivity contribution in [1.29, 1.82) is 0 Å². The Hall–Kier alpha value is -2.02. The van der Waals surface area contributed by atoms with E-state index in [4.69, 9.17) is 0 Å². The summed E-state index contributed by atoms with van der Waals surface area (Å²) in [5, 5.41) is 8.27. The van der Waals surface area contributed by atoms with Crippen molar-refractivity contribution in [2.75, 3.05) is 6.54 Å². The lowest BCUT2D eigenvalue weighted by atomic mass is 10.1. The molecule has 1 heterocycles. The molecule has 0 saturated carbocycles. The highest BCUT2D eigenvalue weighted by Gasteiger charge is 2.13. The molecule has 2 N–H and O–H groups in total. The summed E-state index contributed by atoms with van der Waals surface area (Å²) < 4.78 is 26.1. The van der Waals surface area contributed by atoms with Gasteiger partial charge in [0.25, 0.3) is 0 Å². The lowest BCUT2D eigenvalue weighted by Crippen LogP contribution is -2.38. The van der Waals surface area contributed by atoms with Crippen LogP contribution in [0.3, 0.4) is 0 Å². The van der Waals surface area contributed by atoms with E-state index in [1.807, 2.05) is 12.3 Å². The number of hydrogen-bond acceptors (Lipinski definition) is 3. The molecule has 2 atom stereocenters. The minimum atomic E-state index is -0.927. The molecule has 118 valence electrons. The smallest absolute Gasteiger partial charge is 0.315 e. The van der Waals surface area contributed by atoms with Gasteiger partial charge in [-0.25, -0.2) is 18.6 Å². The summed E-state index contributed by atoms with van der Waals surface area (Å²) in [7, 11) is 0. The van der Waals surface area contributed by atoms with Gasteiger partial charge in [-0.15, -0.1) is 11.3 Å². The predicted molar refractivity (Wildman–Crippen MR) is 81.8 cm³/mol. The summed E-state index contributed by atoms with van der Waals surface area (Å²) in [5.74, 6) is -1.72. The second-order valence-corrected chi connectivity index (χ2v) is 5.95. The Morgan fingerprint density at radius 2 is 2.09 bits per heavy atom. The summed E-state index contributed by atoms with van der Waals surface area (Å²) >= 11 is 1.54. The van der Waals surface area contributed by atoms with Crippen molar-refractivity contribution in [2.45, 2.75) is 25.8 Å². The summed E-state index contributed by atoms with van der Waals surface area (Å²) in [4.78, 5) is 16.0. The number of rotatable bonds is 5. The third kappa shape index (κ3) is 4.24. The molecule has 0 bridgehead atoms. The highest BCUT2D eigenvalue weighted by atomic mass is 32.1. The molecule has 1 aromatic carbocycles. The van der Waals surface area contributed by atoms with E-state index in [1.165, 1.54) is 17.4 Å². The fraction of sp³-hybridized carbons (Fsp3) is 0.333. The van der Waals surface area contributed by atoms with E-state index in [-0.39, 0.29) is 11.9 Å². The standard InChI is InChI=1S/C15H17F2N3OS/c1-9(14-18-5-6-22-14)8-19-15(21)20-10(2)11-3-4-12(16)13(17)7-11/h3-7,9-10H,8H2,1-2H3,(H2,19,20,21)/t9-,10+/m0/s1. The SMILES string of the molecule is C[C@@H](CNC(=O)N[C@H](C)c1ccc(F)c(F)c1)c1nccs1. The maximum absolute atomic E-state index is 13.2. The molecular weight excluding hydrogens is 308 g/mol. The van der Waals surface area contributed by atoms with Gasteiger partial charge in [0, 0.05) is 24.0 Å². The number of nitrogens with one attached hydrogen (secondary N) is 2. The highest BCUT2D eigenvalue weighted by Crippen LogP contribution is 2.17. The number of halogens is 2. The summed E-state index contributed by atoms with van der Waals surface area (Å²) in [6, 6.07) is 2.79. The molecule has 0 aliphatic carbocycles. The lowest BCUT2D eigenvalue weighted by Gasteiger charge is -2.16. The van der Waals surface area contributed by atoms with Crippen LogP contribution < -0.4 is 10.6 Å². The van der Waals surface area contributed by atoms with Crippen LogP contribution in [0.2, 0.25) is 0 Å². The zero-order valence-corrected chi connectivity index (χ0v) is 13.1. The van der Waals surface area contributed by atoms with E-state index < -0.39 is 17.7 Å². The molecule has 0 aliphatic rings. The molecule has 0 unspecified atom stereocenters. The number of benzene rings is 1. The normalized spacial score (nSPS) is 13.5. The van der Waals surface area contributed by atoms with Crippen LogP contribution in [0, 0.1) is 11.6 Å². The third-order valence-electron chi connectivity index (χ3n) is 3.23. The Bertz CT molecular complexity index is 634. The van der Waals surface area contributed by atoms with Crippen molar-refractivity contribution in [3.63, 3.8) is 0 Å². The molecule has 0 radical (unpaired) electrons. The van der Waals surface area contributed by atoms with Crippen LogP contribution in [0.1, 0.15) is 36.4 Å². The fourth-order valence-corrected chi connectivity index (χ4v) is 2.62. The number of nitrogens with zero attached hydrogens (tertiary/aromatic N) is 1. The van der Waals surface area contributed by atoms with Gasteiger partial charge in [-0.05, 0) is 24.6 Å². The van der Waals surface area contributed by atoms with Crippen molar-refractivity contribution in [3.8, 4) is 0 Å². The molecule has 0 fully saturated rings. The fourth-order valence-electron chi connectivity index (χ4n) is 1.92. The van der Waals surface area contributed by atoms with Crippen LogP contribution in [0.5, 0.6) is 0 Å². The number of thiazole rings is 1. The molecule has 0 saturated heterocycles. The number of amides is 2. The van der Waals surface area contributed by atoms with Crippen LogP contribution in [0.4, 0.5) is 13.6 Å². The zero-order chi connectivity index (χ0) is 16.1. The van der Waals surface area contributed by atoms with Gasteiger partial charge in [0.15, 0.2) is 11.6 Å². The van der Waals surface area contributed by atoms with Gasteiger partial charge in [0.1, 0.15) is 0 Å². The largest absolute Gasteiger partial charge is 0.337 e. The lowest BCUT2D eigenvalue weighted by molar-refractivity contribution is 0.237. The second kappa shape index (κ2) is 7.31. The van der Waals surface area contributed by atoms with Gasteiger partial charge in [-0.3, -0.25) is 0 Å². The topological polar surface area (TPSA) is 54.0 Å². The molecule has 1 aromatic heterocycles.